The number of aryl methyl sites for hydroxylation is 1. The zero-order valence-corrected chi connectivity index (χ0v) is 6.72. The molecule has 2 heteroatoms. The summed E-state index contributed by atoms with van der Waals surface area (Å²) in [6.07, 6.45) is 0. The second-order valence-corrected chi connectivity index (χ2v) is 2.45. The fourth-order valence-electron chi connectivity index (χ4n) is 0.834. The Morgan fingerprint density at radius 1 is 1.58 bits per heavy atom. The predicted octanol–water partition coefficient (Wildman–Crippen LogP) is 1.74. The quantitative estimate of drug-likeness (QED) is 0.716. The van der Waals surface area contributed by atoms with Crippen molar-refractivity contribution in [3.05, 3.63) is 35.4 Å². The van der Waals surface area contributed by atoms with Crippen LogP contribution in [0.15, 0.2) is 24.3 Å². The predicted molar refractivity (Wildman–Crippen MR) is 49.2 cm³/mol. The van der Waals surface area contributed by atoms with Crippen LogP contribution in [0.4, 0.5) is 0 Å². The van der Waals surface area contributed by atoms with Gasteiger partial charge in [-0.1, -0.05) is 17.7 Å². The minimum atomic E-state index is -2.90. The van der Waals surface area contributed by atoms with Gasteiger partial charge in [0.2, 0.25) is 0 Å². The second-order valence-electron chi connectivity index (χ2n) is 2.45. The van der Waals surface area contributed by atoms with Crippen molar-refractivity contribution < 1.29 is 11.6 Å². The first-order valence-electron chi connectivity index (χ1n) is 6.03. The molecule has 1 rings (SSSR count). The molecule has 0 bridgehead atoms. The van der Waals surface area contributed by atoms with Crippen LogP contribution in [-0.4, -0.2) is 12.4 Å². The molecule has 0 heterocycles. The van der Waals surface area contributed by atoms with Gasteiger partial charge in [-0.05, 0) is 25.9 Å². The molecular formula is C10H13NO. The first-order valence-corrected chi connectivity index (χ1v) is 3.53. The van der Waals surface area contributed by atoms with E-state index in [-0.39, 0.29) is 5.56 Å². The Morgan fingerprint density at radius 2 is 2.25 bits per heavy atom. The van der Waals surface area contributed by atoms with Gasteiger partial charge in [-0.2, -0.15) is 0 Å². The summed E-state index contributed by atoms with van der Waals surface area (Å²) in [7, 11) is 0. The van der Waals surface area contributed by atoms with Crippen LogP contribution in [0.1, 0.15) is 29.6 Å². The van der Waals surface area contributed by atoms with E-state index < -0.39 is 19.3 Å². The van der Waals surface area contributed by atoms with E-state index in [1.807, 2.05) is 12.2 Å². The molecule has 0 aromatic heterocycles. The Morgan fingerprint density at radius 3 is 2.83 bits per heavy atom. The van der Waals surface area contributed by atoms with E-state index in [2.05, 4.69) is 0 Å². The molecule has 1 aromatic carbocycles. The first-order chi connectivity index (χ1) is 7.63. The van der Waals surface area contributed by atoms with Crippen LogP contribution in [0.3, 0.4) is 0 Å². The van der Waals surface area contributed by atoms with Crippen LogP contribution in [0.5, 0.6) is 0 Å². The highest BCUT2D eigenvalue weighted by atomic mass is 16.1. The van der Waals surface area contributed by atoms with Crippen LogP contribution < -0.4 is 5.32 Å². The molecule has 0 unspecified atom stereocenters. The van der Waals surface area contributed by atoms with Gasteiger partial charge in [0.25, 0.3) is 5.91 Å². The number of carbonyl (C=O) groups is 1. The monoisotopic (exact) mass is 168 g/mol. The van der Waals surface area contributed by atoms with Gasteiger partial charge in [0, 0.05) is 18.9 Å². The average Bonchev–Trinajstić information content (AvgIpc) is 2.16. The number of benzene rings is 1. The molecule has 0 aliphatic rings. The Labute approximate surface area is 79.6 Å². The number of hydrogen-bond acceptors (Lipinski definition) is 1. The Hall–Kier alpha value is -1.31. The summed E-state index contributed by atoms with van der Waals surface area (Å²) in [4.78, 5) is 11.6. The van der Waals surface area contributed by atoms with Crippen molar-refractivity contribution in [1.82, 2.24) is 5.32 Å². The van der Waals surface area contributed by atoms with E-state index in [1.54, 1.807) is 12.1 Å². The summed E-state index contributed by atoms with van der Waals surface area (Å²) in [5.74, 6) is -0.744. The number of amides is 1. The van der Waals surface area contributed by atoms with Crippen molar-refractivity contribution in [3.8, 4) is 0 Å². The number of nitrogens with one attached hydrogen (secondary N) is 1. The summed E-state index contributed by atoms with van der Waals surface area (Å²) in [5.41, 5.74) is 1.18. The van der Waals surface area contributed by atoms with Gasteiger partial charge in [0.1, 0.15) is 0 Å². The van der Waals surface area contributed by atoms with Gasteiger partial charge in [0.05, 0.1) is 0 Å². The van der Waals surface area contributed by atoms with Gasteiger partial charge in [-0.25, -0.2) is 0 Å². The largest absolute Gasteiger partial charge is 0.352 e. The van der Waals surface area contributed by atoms with E-state index in [0.717, 1.165) is 5.56 Å². The summed E-state index contributed by atoms with van der Waals surface area (Å²) in [6.45, 7) is -3.79. The third-order valence-corrected chi connectivity index (χ3v) is 1.49. The minimum absolute atomic E-state index is 0.226. The molecule has 0 atom stereocenters. The third kappa shape index (κ3) is 2.09. The van der Waals surface area contributed by atoms with E-state index >= 15 is 0 Å². The molecule has 0 aliphatic heterocycles. The minimum Gasteiger partial charge on any atom is -0.352 e. The third-order valence-electron chi connectivity index (χ3n) is 1.49. The molecule has 0 spiro atoms. The van der Waals surface area contributed by atoms with Gasteiger partial charge in [-0.3, -0.25) is 4.79 Å². The molecule has 0 saturated carbocycles. The smallest absolute Gasteiger partial charge is 0.251 e. The zero-order chi connectivity index (χ0) is 13.3. The lowest BCUT2D eigenvalue weighted by Crippen LogP contribution is -2.22. The van der Waals surface area contributed by atoms with Gasteiger partial charge < -0.3 is 5.32 Å². The maximum absolute atomic E-state index is 11.6. The van der Waals surface area contributed by atoms with Gasteiger partial charge >= 0.3 is 0 Å². The van der Waals surface area contributed by atoms with Gasteiger partial charge in [0.15, 0.2) is 0 Å². The SMILES string of the molecule is [2H]C([2H])([2H])C([2H])([2H])NC(=O)c1ccc(C)cc1. The second kappa shape index (κ2) is 3.90. The van der Waals surface area contributed by atoms with Crippen molar-refractivity contribution in [3.63, 3.8) is 0 Å². The van der Waals surface area contributed by atoms with E-state index in [1.165, 1.54) is 12.1 Å². The first kappa shape index (κ1) is 4.08. The van der Waals surface area contributed by atoms with Crippen molar-refractivity contribution >= 4 is 5.91 Å². The highest BCUT2D eigenvalue weighted by Crippen LogP contribution is 2.02. The molecule has 2 nitrogen and oxygen atoms in total. The Balaban J connectivity index is 2.83. The fraction of sp³-hybridized carbons (Fsp3) is 0.300. The average molecular weight is 168 g/mol. The maximum Gasteiger partial charge on any atom is 0.251 e. The van der Waals surface area contributed by atoms with E-state index in [0.29, 0.717) is 0 Å². The molecular weight excluding hydrogens is 150 g/mol. The summed E-state index contributed by atoms with van der Waals surface area (Å²) < 4.78 is 35.4. The lowest BCUT2D eigenvalue weighted by Gasteiger charge is -2.01. The molecule has 0 radical (unpaired) electrons. The van der Waals surface area contributed by atoms with Crippen molar-refractivity contribution in [2.24, 2.45) is 0 Å². The normalized spacial score (nSPS) is 17.9. The number of carbonyl (C=O) groups excluding carboxylic acids is 1. The molecule has 0 saturated heterocycles. The lowest BCUT2D eigenvalue weighted by molar-refractivity contribution is 0.0956. The highest BCUT2D eigenvalue weighted by Gasteiger charge is 2.01. The lowest BCUT2D eigenvalue weighted by atomic mass is 10.1. The fourth-order valence-corrected chi connectivity index (χ4v) is 0.834. The van der Waals surface area contributed by atoms with Crippen LogP contribution >= 0.6 is 0 Å². The van der Waals surface area contributed by atoms with Crippen LogP contribution in [0.25, 0.3) is 0 Å². The van der Waals surface area contributed by atoms with Crippen LogP contribution in [0, 0.1) is 6.92 Å². The zero-order valence-electron chi connectivity index (χ0n) is 11.7. The molecule has 0 aliphatic carbocycles. The Bertz CT molecular complexity index is 410. The highest BCUT2D eigenvalue weighted by molar-refractivity contribution is 5.94. The number of hydrogen-bond donors (Lipinski definition) is 1. The molecule has 12 heavy (non-hydrogen) atoms. The summed E-state index contributed by atoms with van der Waals surface area (Å²) in [5, 5.41) is 1.86. The van der Waals surface area contributed by atoms with Crippen LogP contribution in [0.2, 0.25) is 0 Å². The van der Waals surface area contributed by atoms with Crippen LogP contribution in [-0.2, 0) is 0 Å². The Kier molecular flexibility index (Phi) is 1.33. The topological polar surface area (TPSA) is 29.1 Å². The molecule has 64 valence electrons. The molecule has 1 aromatic rings. The number of rotatable bonds is 2. The van der Waals surface area contributed by atoms with Crippen molar-refractivity contribution in [2.45, 2.75) is 13.8 Å². The summed E-state index contributed by atoms with van der Waals surface area (Å²) >= 11 is 0. The molecule has 1 amide bonds. The van der Waals surface area contributed by atoms with E-state index in [9.17, 15) is 4.79 Å². The van der Waals surface area contributed by atoms with Crippen molar-refractivity contribution in [1.29, 1.82) is 0 Å². The van der Waals surface area contributed by atoms with Crippen molar-refractivity contribution in [2.75, 3.05) is 6.50 Å². The molecule has 0 fully saturated rings. The standard InChI is InChI=1S/C10H13NO/c1-3-11-10(12)9-6-4-8(2)5-7-9/h4-7H,3H2,1-2H3,(H,11,12)/i1D3,3D2. The summed E-state index contributed by atoms with van der Waals surface area (Å²) in [6, 6.07) is 6.42. The maximum atomic E-state index is 11.6. The van der Waals surface area contributed by atoms with E-state index in [4.69, 9.17) is 6.85 Å². The molecule has 1 N–H and O–H groups in total. The van der Waals surface area contributed by atoms with Gasteiger partial charge in [-0.15, -0.1) is 0 Å².